The number of furan rings is 1. The van der Waals surface area contributed by atoms with Gasteiger partial charge in [-0.2, -0.15) is 0 Å². The molecule has 2 aromatic rings. The van der Waals surface area contributed by atoms with Crippen LogP contribution < -0.4 is 5.32 Å². The van der Waals surface area contributed by atoms with Crippen molar-refractivity contribution < 1.29 is 28.1 Å². The van der Waals surface area contributed by atoms with Crippen molar-refractivity contribution in [3.8, 4) is 0 Å². The van der Waals surface area contributed by atoms with E-state index in [9.17, 15) is 18.6 Å². The number of aromatic carboxylic acids is 1. The predicted molar refractivity (Wildman–Crippen MR) is 87.5 cm³/mol. The summed E-state index contributed by atoms with van der Waals surface area (Å²) >= 11 is 0. The number of hydrogen-bond donors (Lipinski definition) is 2. The first-order valence-electron chi connectivity index (χ1n) is 6.93. The minimum Gasteiger partial charge on any atom is -0.475 e. The van der Waals surface area contributed by atoms with Crippen LogP contribution in [0.1, 0.15) is 33.6 Å². The average molecular weight is 349 g/mol. The third-order valence-corrected chi connectivity index (χ3v) is 4.21. The lowest BCUT2D eigenvalue weighted by Gasteiger charge is -2.06. The molecule has 1 aromatic heterocycles. The van der Waals surface area contributed by atoms with Gasteiger partial charge in [-0.1, -0.05) is 12.1 Å². The molecule has 2 N–H and O–H groups in total. The maximum atomic E-state index is 12.0. The molecule has 7 nitrogen and oxygen atoms in total. The van der Waals surface area contributed by atoms with Crippen LogP contribution in [0.3, 0.4) is 0 Å². The van der Waals surface area contributed by atoms with Gasteiger partial charge in [-0.15, -0.1) is 0 Å². The van der Waals surface area contributed by atoms with Gasteiger partial charge in [-0.05, 0) is 31.2 Å². The van der Waals surface area contributed by atoms with E-state index in [1.54, 1.807) is 18.2 Å². The number of amides is 1. The van der Waals surface area contributed by atoms with Gasteiger partial charge < -0.3 is 14.8 Å². The minimum atomic E-state index is -1.55. The second-order valence-corrected chi connectivity index (χ2v) is 6.44. The summed E-state index contributed by atoms with van der Waals surface area (Å²) in [7, 11) is -1.55. The fraction of sp³-hybridized carbons (Fsp3) is 0.188. The third-order valence-electron chi connectivity index (χ3n) is 3.02. The Morgan fingerprint density at radius 3 is 2.58 bits per heavy atom. The van der Waals surface area contributed by atoms with Crippen LogP contribution in [0.15, 0.2) is 40.8 Å². The number of hydrogen-bond acceptors (Lipinski definition) is 5. The minimum absolute atomic E-state index is 0.0613. The first-order valence-corrected chi connectivity index (χ1v) is 8.42. The Labute approximate surface area is 140 Å². The molecule has 1 aromatic carbocycles. The highest BCUT2D eigenvalue weighted by molar-refractivity contribution is 7.84. The molecule has 0 bridgehead atoms. The van der Waals surface area contributed by atoms with E-state index in [2.05, 4.69) is 5.32 Å². The highest BCUT2D eigenvalue weighted by Crippen LogP contribution is 2.13. The largest absolute Gasteiger partial charge is 0.475 e. The standard InChI is InChI=1S/C16H15NO6S/c1-10(18)11-3-2-4-12(7-11)17-15(19)9-24(22)8-13-5-6-14(23-13)16(20)21/h2-7H,8-9H2,1H3,(H,17,19)(H,20,21). The summed E-state index contributed by atoms with van der Waals surface area (Å²) in [5, 5.41) is 11.3. The number of carbonyl (C=O) groups excluding carboxylic acids is 2. The molecule has 126 valence electrons. The van der Waals surface area contributed by atoms with Crippen molar-refractivity contribution in [3.05, 3.63) is 53.5 Å². The Morgan fingerprint density at radius 2 is 1.96 bits per heavy atom. The molecule has 1 unspecified atom stereocenters. The summed E-state index contributed by atoms with van der Waals surface area (Å²) in [6.07, 6.45) is 0. The molecule has 0 saturated heterocycles. The number of nitrogens with one attached hydrogen (secondary N) is 1. The predicted octanol–water partition coefficient (Wildman–Crippen LogP) is 2.07. The normalized spacial score (nSPS) is 11.7. The van der Waals surface area contributed by atoms with Gasteiger partial charge in [0.05, 0.1) is 5.75 Å². The summed E-state index contributed by atoms with van der Waals surface area (Å²) in [6, 6.07) is 9.11. The van der Waals surface area contributed by atoms with E-state index >= 15 is 0 Å². The molecule has 0 aliphatic heterocycles. The number of anilines is 1. The van der Waals surface area contributed by atoms with Gasteiger partial charge in [0.25, 0.3) is 0 Å². The Bertz CT molecular complexity index is 810. The number of ketones is 1. The number of carbonyl (C=O) groups is 3. The molecule has 2 rings (SSSR count). The van der Waals surface area contributed by atoms with Crippen LogP contribution in [0.25, 0.3) is 0 Å². The summed E-state index contributed by atoms with van der Waals surface area (Å²) in [4.78, 5) is 33.9. The van der Waals surface area contributed by atoms with Crippen LogP contribution >= 0.6 is 0 Å². The monoisotopic (exact) mass is 349 g/mol. The molecule has 24 heavy (non-hydrogen) atoms. The van der Waals surface area contributed by atoms with Crippen molar-refractivity contribution in [2.24, 2.45) is 0 Å². The Morgan fingerprint density at radius 1 is 1.21 bits per heavy atom. The summed E-state index contributed by atoms with van der Waals surface area (Å²) in [5.74, 6) is -2.15. The summed E-state index contributed by atoms with van der Waals surface area (Å²) in [5.41, 5.74) is 0.904. The molecular weight excluding hydrogens is 334 g/mol. The first kappa shape index (κ1) is 17.6. The molecule has 0 aliphatic carbocycles. The van der Waals surface area contributed by atoms with Gasteiger partial charge in [0.15, 0.2) is 5.78 Å². The molecule has 1 heterocycles. The molecule has 0 aliphatic rings. The highest BCUT2D eigenvalue weighted by Gasteiger charge is 2.14. The molecular formula is C16H15NO6S. The van der Waals surface area contributed by atoms with Gasteiger partial charge in [-0.3, -0.25) is 13.8 Å². The van der Waals surface area contributed by atoms with Crippen molar-refractivity contribution in [1.82, 2.24) is 0 Å². The van der Waals surface area contributed by atoms with Crippen LogP contribution in [0.4, 0.5) is 5.69 Å². The fourth-order valence-corrected chi connectivity index (χ4v) is 2.88. The second-order valence-electron chi connectivity index (χ2n) is 4.98. The Kier molecular flexibility index (Phi) is 5.64. The van der Waals surface area contributed by atoms with Crippen molar-refractivity contribution in [1.29, 1.82) is 0 Å². The number of carboxylic acid groups (broad SMARTS) is 1. The van der Waals surface area contributed by atoms with Crippen LogP contribution in [0, 0.1) is 0 Å². The van der Waals surface area contributed by atoms with Crippen LogP contribution in [0.5, 0.6) is 0 Å². The van der Waals surface area contributed by atoms with E-state index in [0.29, 0.717) is 11.3 Å². The molecule has 1 atom stereocenters. The van der Waals surface area contributed by atoms with Crippen molar-refractivity contribution >= 4 is 34.1 Å². The number of Topliss-reactive ketones (excluding diaryl/α,β-unsaturated/α-hetero) is 1. The van der Waals surface area contributed by atoms with E-state index < -0.39 is 22.7 Å². The number of rotatable bonds is 7. The van der Waals surface area contributed by atoms with Crippen LogP contribution in [0.2, 0.25) is 0 Å². The smallest absolute Gasteiger partial charge is 0.371 e. The lowest BCUT2D eigenvalue weighted by molar-refractivity contribution is -0.113. The highest BCUT2D eigenvalue weighted by atomic mass is 32.2. The topological polar surface area (TPSA) is 114 Å². The quantitative estimate of drug-likeness (QED) is 0.740. The third kappa shape index (κ3) is 4.88. The molecule has 1 amide bonds. The molecule has 0 spiro atoms. The molecule has 8 heteroatoms. The van der Waals surface area contributed by atoms with Crippen LogP contribution in [-0.4, -0.2) is 32.7 Å². The van der Waals surface area contributed by atoms with Crippen LogP contribution in [-0.2, 0) is 21.3 Å². The number of carboxylic acids is 1. The zero-order valence-electron chi connectivity index (χ0n) is 12.8. The molecule has 0 fully saturated rings. The molecule has 0 saturated carbocycles. The van der Waals surface area contributed by atoms with Gasteiger partial charge in [-0.25, -0.2) is 4.79 Å². The van der Waals surface area contributed by atoms with E-state index in [4.69, 9.17) is 9.52 Å². The summed E-state index contributed by atoms with van der Waals surface area (Å²) < 4.78 is 17.0. The summed E-state index contributed by atoms with van der Waals surface area (Å²) in [6.45, 7) is 1.42. The lowest BCUT2D eigenvalue weighted by Crippen LogP contribution is -2.20. The molecule has 0 radical (unpaired) electrons. The fourth-order valence-electron chi connectivity index (χ4n) is 1.94. The van der Waals surface area contributed by atoms with E-state index in [0.717, 1.165) is 0 Å². The maximum Gasteiger partial charge on any atom is 0.371 e. The van der Waals surface area contributed by atoms with E-state index in [-0.39, 0.29) is 28.8 Å². The lowest BCUT2D eigenvalue weighted by atomic mass is 10.1. The SMILES string of the molecule is CC(=O)c1cccc(NC(=O)CS(=O)Cc2ccc(C(=O)O)o2)c1. The van der Waals surface area contributed by atoms with Gasteiger partial charge >= 0.3 is 5.97 Å². The Hall–Kier alpha value is -2.74. The van der Waals surface area contributed by atoms with E-state index in [1.165, 1.54) is 25.1 Å². The van der Waals surface area contributed by atoms with Crippen molar-refractivity contribution in [3.63, 3.8) is 0 Å². The van der Waals surface area contributed by atoms with Crippen molar-refractivity contribution in [2.75, 3.05) is 11.1 Å². The van der Waals surface area contributed by atoms with Gasteiger partial charge in [0.1, 0.15) is 11.5 Å². The van der Waals surface area contributed by atoms with E-state index in [1.807, 2.05) is 0 Å². The zero-order chi connectivity index (χ0) is 17.7. The average Bonchev–Trinajstić information content (AvgIpc) is 2.95. The van der Waals surface area contributed by atoms with Gasteiger partial charge in [0.2, 0.25) is 11.7 Å². The zero-order valence-corrected chi connectivity index (χ0v) is 13.6. The Balaban J connectivity index is 1.91. The second kappa shape index (κ2) is 7.69. The maximum absolute atomic E-state index is 12.0. The van der Waals surface area contributed by atoms with Crippen molar-refractivity contribution in [2.45, 2.75) is 12.7 Å². The first-order chi connectivity index (χ1) is 11.3. The van der Waals surface area contributed by atoms with Gasteiger partial charge in [0, 0.05) is 22.1 Å². The number of benzene rings is 1.